The normalized spacial score (nSPS) is 17.5. The monoisotopic (exact) mass is 340 g/mol. The number of benzene rings is 1. The third kappa shape index (κ3) is 4.10. The van der Waals surface area contributed by atoms with Crippen LogP contribution >= 0.6 is 0 Å². The van der Waals surface area contributed by atoms with Crippen LogP contribution in [0.25, 0.3) is 0 Å². The molecule has 1 aromatic carbocycles. The Kier molecular flexibility index (Phi) is 5.23. The van der Waals surface area contributed by atoms with Crippen LogP contribution in [0.4, 0.5) is 0 Å². The van der Waals surface area contributed by atoms with Crippen molar-refractivity contribution < 1.29 is 4.79 Å². The van der Waals surface area contributed by atoms with E-state index in [9.17, 15) is 4.79 Å². The molecule has 1 atom stereocenters. The first kappa shape index (κ1) is 17.7. The zero-order valence-corrected chi connectivity index (χ0v) is 15.7. The number of carbonyl (C=O) groups excluding carboxylic acids is 1. The highest BCUT2D eigenvalue weighted by molar-refractivity contribution is 5.79. The third-order valence-corrected chi connectivity index (χ3v) is 4.83. The largest absolute Gasteiger partial charge is 0.334 e. The first-order valence-electron chi connectivity index (χ1n) is 8.96. The van der Waals surface area contributed by atoms with Gasteiger partial charge in [0.25, 0.3) is 0 Å². The Morgan fingerprint density at radius 3 is 2.84 bits per heavy atom. The van der Waals surface area contributed by atoms with Crippen molar-refractivity contribution in [3.05, 3.63) is 52.8 Å². The minimum atomic E-state index is 0.111. The van der Waals surface area contributed by atoms with Crippen molar-refractivity contribution in [2.24, 2.45) is 7.05 Å². The lowest BCUT2D eigenvalue weighted by Crippen LogP contribution is -2.32. The van der Waals surface area contributed by atoms with E-state index in [0.717, 1.165) is 37.2 Å². The molecule has 1 aliphatic heterocycles. The van der Waals surface area contributed by atoms with E-state index in [1.807, 2.05) is 28.8 Å². The summed E-state index contributed by atoms with van der Waals surface area (Å²) in [6.07, 6.45) is 2.51. The molecule has 1 aromatic heterocycles. The van der Waals surface area contributed by atoms with Crippen LogP contribution in [0.2, 0.25) is 0 Å². The number of rotatable bonds is 5. The fourth-order valence-corrected chi connectivity index (χ4v) is 3.64. The molecule has 5 heteroatoms. The predicted molar refractivity (Wildman–Crippen MR) is 99.2 cm³/mol. The summed E-state index contributed by atoms with van der Waals surface area (Å²) in [7, 11) is 6.09. The van der Waals surface area contributed by atoms with Crippen LogP contribution in [0.3, 0.4) is 0 Å². The Labute approximate surface area is 150 Å². The minimum absolute atomic E-state index is 0.111. The molecule has 0 N–H and O–H groups in total. The molecule has 1 aliphatic rings. The van der Waals surface area contributed by atoms with E-state index in [1.54, 1.807) is 0 Å². The van der Waals surface area contributed by atoms with Crippen molar-refractivity contribution in [2.75, 3.05) is 20.6 Å². The zero-order chi connectivity index (χ0) is 18.0. The molecule has 5 nitrogen and oxygen atoms in total. The minimum Gasteiger partial charge on any atom is -0.334 e. The second kappa shape index (κ2) is 7.40. The summed E-state index contributed by atoms with van der Waals surface area (Å²) in [5, 5.41) is 4.70. The maximum Gasteiger partial charge on any atom is 0.227 e. The summed E-state index contributed by atoms with van der Waals surface area (Å²) in [6.45, 7) is 3.75. The van der Waals surface area contributed by atoms with Gasteiger partial charge in [0, 0.05) is 20.1 Å². The smallest absolute Gasteiger partial charge is 0.227 e. The molecule has 3 rings (SSSR count). The van der Waals surface area contributed by atoms with E-state index in [2.05, 4.69) is 44.1 Å². The number of aromatic nitrogens is 2. The number of hydrogen-bond acceptors (Lipinski definition) is 3. The van der Waals surface area contributed by atoms with Crippen molar-refractivity contribution in [2.45, 2.75) is 38.8 Å². The predicted octanol–water partition coefficient (Wildman–Crippen LogP) is 2.70. The average molecular weight is 340 g/mol. The lowest BCUT2D eigenvalue weighted by atomic mass is 10.1. The highest BCUT2D eigenvalue weighted by atomic mass is 16.2. The number of likely N-dealkylation sites (tertiary alicyclic amines) is 1. The van der Waals surface area contributed by atoms with Crippen LogP contribution in [-0.4, -0.2) is 46.1 Å². The van der Waals surface area contributed by atoms with E-state index in [1.165, 1.54) is 11.3 Å². The number of aryl methyl sites for hydroxylation is 2. The summed E-state index contributed by atoms with van der Waals surface area (Å²) in [4.78, 5) is 17.0. The van der Waals surface area contributed by atoms with Crippen molar-refractivity contribution in [3.63, 3.8) is 0 Å². The molecule has 134 valence electrons. The highest BCUT2D eigenvalue weighted by Crippen LogP contribution is 2.32. The number of amides is 1. The Bertz CT molecular complexity index is 750. The van der Waals surface area contributed by atoms with Crippen LogP contribution in [0.1, 0.15) is 41.4 Å². The second-order valence-corrected chi connectivity index (χ2v) is 7.33. The van der Waals surface area contributed by atoms with Gasteiger partial charge in [0.05, 0.1) is 23.9 Å². The van der Waals surface area contributed by atoms with Crippen LogP contribution in [0.15, 0.2) is 30.3 Å². The van der Waals surface area contributed by atoms with E-state index >= 15 is 0 Å². The van der Waals surface area contributed by atoms with E-state index in [4.69, 9.17) is 5.10 Å². The second-order valence-electron chi connectivity index (χ2n) is 7.33. The lowest BCUT2D eigenvalue weighted by Gasteiger charge is -2.23. The van der Waals surface area contributed by atoms with Crippen LogP contribution in [0.5, 0.6) is 0 Å². The first-order chi connectivity index (χ1) is 11.9. The number of hydrogen-bond donors (Lipinski definition) is 0. The van der Waals surface area contributed by atoms with Gasteiger partial charge in [-0.3, -0.25) is 9.48 Å². The van der Waals surface area contributed by atoms with Gasteiger partial charge < -0.3 is 9.80 Å². The van der Waals surface area contributed by atoms with E-state index in [-0.39, 0.29) is 11.9 Å². The summed E-state index contributed by atoms with van der Waals surface area (Å²) in [5.74, 6) is 0.202. The maximum atomic E-state index is 12.9. The van der Waals surface area contributed by atoms with Crippen molar-refractivity contribution in [1.82, 2.24) is 19.6 Å². The van der Waals surface area contributed by atoms with Gasteiger partial charge >= 0.3 is 0 Å². The van der Waals surface area contributed by atoms with Gasteiger partial charge in [0.2, 0.25) is 5.91 Å². The average Bonchev–Trinajstić information content (AvgIpc) is 3.14. The van der Waals surface area contributed by atoms with Gasteiger partial charge in [-0.2, -0.15) is 5.10 Å². The summed E-state index contributed by atoms with van der Waals surface area (Å²) in [5.41, 5.74) is 4.48. The Morgan fingerprint density at radius 1 is 1.32 bits per heavy atom. The Hall–Kier alpha value is -2.14. The van der Waals surface area contributed by atoms with Gasteiger partial charge in [-0.15, -0.1) is 0 Å². The molecule has 25 heavy (non-hydrogen) atoms. The molecule has 0 aliphatic carbocycles. The van der Waals surface area contributed by atoms with Crippen molar-refractivity contribution in [1.29, 1.82) is 0 Å². The summed E-state index contributed by atoms with van der Waals surface area (Å²) < 4.78 is 1.94. The molecule has 1 fully saturated rings. The van der Waals surface area contributed by atoms with E-state index in [0.29, 0.717) is 6.42 Å². The van der Waals surface area contributed by atoms with E-state index < -0.39 is 0 Å². The van der Waals surface area contributed by atoms with Gasteiger partial charge in [0.15, 0.2) is 0 Å². The molecule has 0 bridgehead atoms. The number of nitrogens with zero attached hydrogens (tertiary/aromatic N) is 4. The maximum absolute atomic E-state index is 12.9. The Morgan fingerprint density at radius 2 is 2.12 bits per heavy atom. The quantitative estimate of drug-likeness (QED) is 0.840. The molecule has 2 heterocycles. The van der Waals surface area contributed by atoms with Crippen LogP contribution < -0.4 is 0 Å². The van der Waals surface area contributed by atoms with Crippen LogP contribution in [-0.2, 0) is 24.8 Å². The third-order valence-electron chi connectivity index (χ3n) is 4.83. The highest BCUT2D eigenvalue weighted by Gasteiger charge is 2.31. The molecule has 0 spiro atoms. The SMILES string of the molecule is Cc1cccc(CC(=O)N2CCC[C@H]2c2cc(CN(C)C)n(C)n2)c1. The molecule has 1 saturated heterocycles. The molecule has 1 amide bonds. The molecular weight excluding hydrogens is 312 g/mol. The lowest BCUT2D eigenvalue weighted by molar-refractivity contribution is -0.131. The molecule has 2 aromatic rings. The zero-order valence-electron chi connectivity index (χ0n) is 15.7. The fourth-order valence-electron chi connectivity index (χ4n) is 3.64. The molecule has 0 unspecified atom stereocenters. The van der Waals surface area contributed by atoms with Crippen LogP contribution in [0, 0.1) is 6.92 Å². The summed E-state index contributed by atoms with van der Waals surface area (Å²) >= 11 is 0. The standard InChI is InChI=1S/C20H28N4O/c1-15-7-5-8-16(11-15)12-20(25)24-10-6-9-19(24)18-13-17(14-22(2)3)23(4)21-18/h5,7-8,11,13,19H,6,9-10,12,14H2,1-4H3/t19-/m0/s1. The van der Waals surface area contributed by atoms with Gasteiger partial charge in [-0.1, -0.05) is 29.8 Å². The molecule has 0 radical (unpaired) electrons. The fraction of sp³-hybridized carbons (Fsp3) is 0.500. The van der Waals surface area contributed by atoms with Gasteiger partial charge in [-0.05, 0) is 45.5 Å². The topological polar surface area (TPSA) is 41.4 Å². The van der Waals surface area contributed by atoms with Gasteiger partial charge in [0.1, 0.15) is 0 Å². The summed E-state index contributed by atoms with van der Waals surface area (Å²) in [6, 6.07) is 10.5. The molecule has 0 saturated carbocycles. The first-order valence-corrected chi connectivity index (χ1v) is 8.96. The van der Waals surface area contributed by atoms with Gasteiger partial charge in [-0.25, -0.2) is 0 Å². The van der Waals surface area contributed by atoms with Crippen molar-refractivity contribution >= 4 is 5.91 Å². The number of carbonyl (C=O) groups is 1. The Balaban J connectivity index is 1.75. The van der Waals surface area contributed by atoms with Crippen molar-refractivity contribution in [3.8, 4) is 0 Å². The molecular formula is C20H28N4O.